The molecule has 0 amide bonds. The fraction of sp³-hybridized carbons (Fsp3) is 0.636. The lowest BCUT2D eigenvalue weighted by atomic mass is 10.1. The Balaban J connectivity index is 2.00. The molecule has 0 radical (unpaired) electrons. The fourth-order valence-corrected chi connectivity index (χ4v) is 1.84. The lowest BCUT2D eigenvalue weighted by Gasteiger charge is -2.15. The Kier molecular flexibility index (Phi) is 3.49. The van der Waals surface area contributed by atoms with E-state index in [1.807, 2.05) is 0 Å². The SMILES string of the molecule is COc1ncc(Cl)c(NC(C)CC2CC2)n1. The first-order valence-electron chi connectivity index (χ1n) is 5.52. The Morgan fingerprint density at radius 1 is 1.62 bits per heavy atom. The van der Waals surface area contributed by atoms with Crippen LogP contribution in [0.5, 0.6) is 6.01 Å². The van der Waals surface area contributed by atoms with E-state index in [9.17, 15) is 0 Å². The third kappa shape index (κ3) is 2.98. The summed E-state index contributed by atoms with van der Waals surface area (Å²) in [7, 11) is 1.54. The molecule has 5 heteroatoms. The quantitative estimate of drug-likeness (QED) is 0.861. The van der Waals surface area contributed by atoms with Gasteiger partial charge >= 0.3 is 6.01 Å². The molecular formula is C11H16ClN3O. The van der Waals surface area contributed by atoms with Gasteiger partial charge in [0.15, 0.2) is 5.82 Å². The van der Waals surface area contributed by atoms with E-state index in [2.05, 4.69) is 22.2 Å². The van der Waals surface area contributed by atoms with Crippen molar-refractivity contribution < 1.29 is 4.74 Å². The summed E-state index contributed by atoms with van der Waals surface area (Å²) in [6.45, 7) is 2.14. The second-order valence-corrected chi connectivity index (χ2v) is 4.68. The maximum atomic E-state index is 6.01. The van der Waals surface area contributed by atoms with Crippen LogP contribution in [0.15, 0.2) is 6.20 Å². The third-order valence-electron chi connectivity index (χ3n) is 2.67. The van der Waals surface area contributed by atoms with E-state index in [0.717, 1.165) is 5.92 Å². The number of hydrogen-bond donors (Lipinski definition) is 1. The highest BCUT2D eigenvalue weighted by atomic mass is 35.5. The predicted octanol–water partition coefficient (Wildman–Crippen LogP) is 2.74. The molecule has 1 aliphatic rings. The van der Waals surface area contributed by atoms with Crippen molar-refractivity contribution in [1.29, 1.82) is 0 Å². The number of halogens is 1. The highest BCUT2D eigenvalue weighted by Gasteiger charge is 2.24. The van der Waals surface area contributed by atoms with Crippen molar-refractivity contribution in [2.75, 3.05) is 12.4 Å². The van der Waals surface area contributed by atoms with Crippen molar-refractivity contribution in [2.45, 2.75) is 32.2 Å². The van der Waals surface area contributed by atoms with Gasteiger partial charge in [-0.05, 0) is 19.3 Å². The largest absolute Gasteiger partial charge is 0.467 e. The summed E-state index contributed by atoms with van der Waals surface area (Å²) in [5.41, 5.74) is 0. The highest BCUT2D eigenvalue weighted by molar-refractivity contribution is 6.32. The number of nitrogens with zero attached hydrogens (tertiary/aromatic N) is 2. The van der Waals surface area contributed by atoms with Gasteiger partial charge < -0.3 is 10.1 Å². The van der Waals surface area contributed by atoms with E-state index >= 15 is 0 Å². The van der Waals surface area contributed by atoms with E-state index in [-0.39, 0.29) is 0 Å². The molecule has 88 valence electrons. The number of rotatable bonds is 5. The van der Waals surface area contributed by atoms with Gasteiger partial charge in [0.2, 0.25) is 0 Å². The summed E-state index contributed by atoms with van der Waals surface area (Å²) in [5.74, 6) is 1.53. The number of aromatic nitrogens is 2. The van der Waals surface area contributed by atoms with Crippen LogP contribution in [0.3, 0.4) is 0 Å². The molecule has 16 heavy (non-hydrogen) atoms. The van der Waals surface area contributed by atoms with Crippen molar-refractivity contribution in [3.8, 4) is 6.01 Å². The summed E-state index contributed by atoms with van der Waals surface area (Å²) in [6, 6.07) is 0.718. The van der Waals surface area contributed by atoms with Gasteiger partial charge in [0.1, 0.15) is 5.02 Å². The normalized spacial score (nSPS) is 16.9. The topological polar surface area (TPSA) is 47.0 Å². The summed E-state index contributed by atoms with van der Waals surface area (Å²) < 4.78 is 4.96. The first kappa shape index (κ1) is 11.5. The molecule has 2 rings (SSSR count). The van der Waals surface area contributed by atoms with Gasteiger partial charge in [0.05, 0.1) is 13.3 Å². The van der Waals surface area contributed by atoms with E-state index in [0.29, 0.717) is 22.9 Å². The second kappa shape index (κ2) is 4.87. The number of anilines is 1. The van der Waals surface area contributed by atoms with Crippen LogP contribution in [0.4, 0.5) is 5.82 Å². The van der Waals surface area contributed by atoms with Gasteiger partial charge in [0, 0.05) is 6.04 Å². The number of methoxy groups -OCH3 is 1. The van der Waals surface area contributed by atoms with Gasteiger partial charge in [0.25, 0.3) is 0 Å². The monoisotopic (exact) mass is 241 g/mol. The Hall–Kier alpha value is -1.03. The smallest absolute Gasteiger partial charge is 0.318 e. The molecule has 1 N–H and O–H groups in total. The van der Waals surface area contributed by atoms with E-state index in [1.165, 1.54) is 19.3 Å². The van der Waals surface area contributed by atoms with Crippen LogP contribution in [0, 0.1) is 5.92 Å². The molecule has 1 aromatic rings. The van der Waals surface area contributed by atoms with Crippen molar-refractivity contribution in [3.63, 3.8) is 0 Å². The molecule has 0 aromatic carbocycles. The van der Waals surface area contributed by atoms with Crippen molar-refractivity contribution >= 4 is 17.4 Å². The maximum Gasteiger partial charge on any atom is 0.318 e. The Morgan fingerprint density at radius 3 is 3.00 bits per heavy atom. The van der Waals surface area contributed by atoms with Crippen molar-refractivity contribution in [2.24, 2.45) is 5.92 Å². The van der Waals surface area contributed by atoms with Gasteiger partial charge in [-0.3, -0.25) is 0 Å². The first-order chi connectivity index (χ1) is 7.69. The standard InChI is InChI=1S/C11H16ClN3O/c1-7(5-8-3-4-8)14-10-9(12)6-13-11(15-10)16-2/h6-8H,3-5H2,1-2H3,(H,13,14,15). The van der Waals surface area contributed by atoms with Crippen molar-refractivity contribution in [3.05, 3.63) is 11.2 Å². The molecule has 0 spiro atoms. The van der Waals surface area contributed by atoms with Gasteiger partial charge in [-0.15, -0.1) is 0 Å². The molecule has 0 saturated heterocycles. The maximum absolute atomic E-state index is 6.01. The van der Waals surface area contributed by atoms with Crippen LogP contribution in [0.2, 0.25) is 5.02 Å². The molecule has 1 fully saturated rings. The van der Waals surface area contributed by atoms with Gasteiger partial charge in [-0.25, -0.2) is 4.98 Å². The van der Waals surface area contributed by atoms with Crippen LogP contribution >= 0.6 is 11.6 Å². The van der Waals surface area contributed by atoms with E-state index in [4.69, 9.17) is 16.3 Å². The lowest BCUT2D eigenvalue weighted by Crippen LogP contribution is -2.17. The molecule has 0 aliphatic heterocycles. The average molecular weight is 242 g/mol. The Bertz CT molecular complexity index is 368. The van der Waals surface area contributed by atoms with Gasteiger partial charge in [-0.1, -0.05) is 24.4 Å². The second-order valence-electron chi connectivity index (χ2n) is 4.28. The Morgan fingerprint density at radius 2 is 2.38 bits per heavy atom. The molecule has 4 nitrogen and oxygen atoms in total. The minimum atomic E-state index is 0.338. The Labute approximate surface area is 100 Å². The molecule has 0 bridgehead atoms. The number of hydrogen-bond acceptors (Lipinski definition) is 4. The molecule has 1 atom stereocenters. The lowest BCUT2D eigenvalue weighted by molar-refractivity contribution is 0.380. The zero-order valence-corrected chi connectivity index (χ0v) is 10.3. The van der Waals surface area contributed by atoms with Crippen LogP contribution in [-0.2, 0) is 0 Å². The minimum absolute atomic E-state index is 0.338. The van der Waals surface area contributed by atoms with Crippen LogP contribution < -0.4 is 10.1 Å². The molecule has 1 unspecified atom stereocenters. The van der Waals surface area contributed by atoms with Gasteiger partial charge in [-0.2, -0.15) is 4.98 Å². The summed E-state index contributed by atoms with van der Waals surface area (Å²) in [6.07, 6.45) is 5.43. The highest BCUT2D eigenvalue weighted by Crippen LogP contribution is 2.34. The molecule has 1 saturated carbocycles. The molecule has 1 heterocycles. The molecular weight excluding hydrogens is 226 g/mol. The van der Waals surface area contributed by atoms with Crippen LogP contribution in [-0.4, -0.2) is 23.1 Å². The molecule has 1 aliphatic carbocycles. The number of nitrogens with one attached hydrogen (secondary N) is 1. The fourth-order valence-electron chi connectivity index (χ4n) is 1.70. The zero-order chi connectivity index (χ0) is 11.5. The van der Waals surface area contributed by atoms with Crippen LogP contribution in [0.1, 0.15) is 26.2 Å². The third-order valence-corrected chi connectivity index (χ3v) is 2.95. The summed E-state index contributed by atoms with van der Waals surface area (Å²) in [4.78, 5) is 8.11. The van der Waals surface area contributed by atoms with E-state index < -0.39 is 0 Å². The average Bonchev–Trinajstić information content (AvgIpc) is 3.05. The zero-order valence-electron chi connectivity index (χ0n) is 9.53. The minimum Gasteiger partial charge on any atom is -0.467 e. The predicted molar refractivity (Wildman–Crippen MR) is 64.0 cm³/mol. The summed E-state index contributed by atoms with van der Waals surface area (Å²) >= 11 is 6.01. The first-order valence-corrected chi connectivity index (χ1v) is 5.90. The van der Waals surface area contributed by atoms with Crippen LogP contribution in [0.25, 0.3) is 0 Å². The molecule has 1 aromatic heterocycles. The number of ether oxygens (including phenoxy) is 1. The van der Waals surface area contributed by atoms with E-state index in [1.54, 1.807) is 13.3 Å². The summed E-state index contributed by atoms with van der Waals surface area (Å²) in [5, 5.41) is 3.82. The van der Waals surface area contributed by atoms with Crippen molar-refractivity contribution in [1.82, 2.24) is 9.97 Å².